The second-order valence-corrected chi connectivity index (χ2v) is 4.40. The van der Waals surface area contributed by atoms with E-state index in [1.54, 1.807) is 11.3 Å². The average Bonchev–Trinajstić information content (AvgIpc) is 2.33. The molecule has 1 nitrogen and oxygen atoms in total. The number of thiophene rings is 1. The number of hydrogen-bond acceptors (Lipinski definition) is 2. The van der Waals surface area contributed by atoms with Crippen molar-refractivity contribution in [2.45, 2.75) is 31.8 Å². The molecule has 1 N–H and O–H groups in total. The molecule has 0 spiro atoms. The number of rotatable bonds is 3. The highest BCUT2D eigenvalue weighted by Crippen LogP contribution is 2.22. The Morgan fingerprint density at radius 3 is 2.83 bits per heavy atom. The van der Waals surface area contributed by atoms with E-state index in [-0.39, 0.29) is 0 Å². The summed E-state index contributed by atoms with van der Waals surface area (Å²) < 4.78 is 0. The lowest BCUT2D eigenvalue weighted by molar-refractivity contribution is 0.338. The normalized spacial score (nSPS) is 17.8. The summed E-state index contributed by atoms with van der Waals surface area (Å²) in [5.41, 5.74) is 1.24. The SMILES string of the molecule is Clc1cscc1CNC1CCC1. The van der Waals surface area contributed by atoms with Gasteiger partial charge in [-0.05, 0) is 23.8 Å². The van der Waals surface area contributed by atoms with Gasteiger partial charge >= 0.3 is 0 Å². The van der Waals surface area contributed by atoms with E-state index >= 15 is 0 Å². The van der Waals surface area contributed by atoms with Gasteiger partial charge in [-0.3, -0.25) is 0 Å². The molecule has 2 rings (SSSR count). The highest BCUT2D eigenvalue weighted by molar-refractivity contribution is 7.08. The summed E-state index contributed by atoms with van der Waals surface area (Å²) in [6, 6.07) is 0.751. The first-order chi connectivity index (χ1) is 5.86. The third-order valence-corrected chi connectivity index (χ3v) is 3.65. The summed E-state index contributed by atoms with van der Waals surface area (Å²) >= 11 is 7.63. The van der Waals surface area contributed by atoms with Crippen molar-refractivity contribution in [2.75, 3.05) is 0 Å². The minimum absolute atomic E-state index is 0.751. The van der Waals surface area contributed by atoms with Crippen LogP contribution in [-0.4, -0.2) is 6.04 Å². The van der Waals surface area contributed by atoms with Crippen molar-refractivity contribution < 1.29 is 0 Å². The smallest absolute Gasteiger partial charge is 0.0557 e. The number of nitrogens with one attached hydrogen (secondary N) is 1. The molecule has 0 unspecified atom stereocenters. The molecule has 1 fully saturated rings. The Bertz CT molecular complexity index is 255. The maximum absolute atomic E-state index is 5.95. The Kier molecular flexibility index (Phi) is 2.69. The van der Waals surface area contributed by atoms with E-state index in [0.29, 0.717) is 0 Å². The largest absolute Gasteiger partial charge is 0.310 e. The summed E-state index contributed by atoms with van der Waals surface area (Å²) in [6.07, 6.45) is 4.05. The maximum Gasteiger partial charge on any atom is 0.0557 e. The quantitative estimate of drug-likeness (QED) is 0.793. The second kappa shape index (κ2) is 3.77. The van der Waals surface area contributed by atoms with Crippen molar-refractivity contribution in [3.05, 3.63) is 21.3 Å². The lowest BCUT2D eigenvalue weighted by Gasteiger charge is -2.26. The van der Waals surface area contributed by atoms with Crippen LogP contribution in [0.3, 0.4) is 0 Å². The fourth-order valence-corrected chi connectivity index (χ4v) is 2.35. The molecule has 0 bridgehead atoms. The lowest BCUT2D eigenvalue weighted by Crippen LogP contribution is -2.34. The van der Waals surface area contributed by atoms with Gasteiger partial charge in [-0.1, -0.05) is 18.0 Å². The molecule has 1 aliphatic rings. The molecule has 0 saturated heterocycles. The van der Waals surface area contributed by atoms with E-state index in [1.165, 1.54) is 24.8 Å². The van der Waals surface area contributed by atoms with Crippen molar-refractivity contribution in [1.82, 2.24) is 5.32 Å². The molecule has 0 aromatic carbocycles. The minimum atomic E-state index is 0.751. The summed E-state index contributed by atoms with van der Waals surface area (Å²) in [5.74, 6) is 0. The molecule has 0 radical (unpaired) electrons. The predicted molar refractivity (Wildman–Crippen MR) is 53.8 cm³/mol. The van der Waals surface area contributed by atoms with Crippen LogP contribution in [0.4, 0.5) is 0 Å². The molecule has 1 aliphatic carbocycles. The van der Waals surface area contributed by atoms with Gasteiger partial charge in [0.15, 0.2) is 0 Å². The average molecular weight is 202 g/mol. The van der Waals surface area contributed by atoms with Crippen LogP contribution >= 0.6 is 22.9 Å². The first-order valence-corrected chi connectivity index (χ1v) is 5.62. The molecule has 0 aliphatic heterocycles. The van der Waals surface area contributed by atoms with E-state index in [4.69, 9.17) is 11.6 Å². The van der Waals surface area contributed by atoms with Crippen molar-refractivity contribution in [3.8, 4) is 0 Å². The molecule has 12 heavy (non-hydrogen) atoms. The van der Waals surface area contributed by atoms with E-state index in [1.807, 2.05) is 5.38 Å². The molecule has 1 aromatic heterocycles. The Morgan fingerprint density at radius 2 is 2.33 bits per heavy atom. The van der Waals surface area contributed by atoms with Gasteiger partial charge < -0.3 is 5.32 Å². The van der Waals surface area contributed by atoms with Crippen LogP contribution in [0, 0.1) is 0 Å². The molecule has 0 atom stereocenters. The van der Waals surface area contributed by atoms with Crippen LogP contribution in [0.5, 0.6) is 0 Å². The van der Waals surface area contributed by atoms with Gasteiger partial charge in [-0.2, -0.15) is 11.3 Å². The summed E-state index contributed by atoms with van der Waals surface area (Å²) in [5, 5.41) is 8.50. The fraction of sp³-hybridized carbons (Fsp3) is 0.556. The molecule has 1 aromatic rings. The van der Waals surface area contributed by atoms with Gasteiger partial charge in [0.25, 0.3) is 0 Å². The summed E-state index contributed by atoms with van der Waals surface area (Å²) in [6.45, 7) is 0.937. The molecule has 1 saturated carbocycles. The van der Waals surface area contributed by atoms with Gasteiger partial charge in [0.2, 0.25) is 0 Å². The highest BCUT2D eigenvalue weighted by Gasteiger charge is 2.16. The highest BCUT2D eigenvalue weighted by atomic mass is 35.5. The Morgan fingerprint density at radius 1 is 1.50 bits per heavy atom. The molecular weight excluding hydrogens is 190 g/mol. The van der Waals surface area contributed by atoms with Gasteiger partial charge in [0.05, 0.1) is 5.02 Å². The maximum atomic E-state index is 5.95. The molecular formula is C9H12ClNS. The Hall–Kier alpha value is -0.0500. The van der Waals surface area contributed by atoms with Crippen LogP contribution < -0.4 is 5.32 Å². The van der Waals surface area contributed by atoms with Gasteiger partial charge in [-0.15, -0.1) is 0 Å². The topological polar surface area (TPSA) is 12.0 Å². The Labute approximate surface area is 81.7 Å². The molecule has 66 valence electrons. The van der Waals surface area contributed by atoms with E-state index in [0.717, 1.165) is 17.6 Å². The zero-order valence-corrected chi connectivity index (χ0v) is 8.42. The second-order valence-electron chi connectivity index (χ2n) is 3.25. The zero-order chi connectivity index (χ0) is 8.39. The van der Waals surface area contributed by atoms with Crippen LogP contribution in [0.2, 0.25) is 5.02 Å². The van der Waals surface area contributed by atoms with Crippen molar-refractivity contribution >= 4 is 22.9 Å². The molecule has 1 heterocycles. The van der Waals surface area contributed by atoms with Gasteiger partial charge in [0, 0.05) is 18.0 Å². The predicted octanol–water partition coefficient (Wildman–Crippen LogP) is 3.04. The summed E-state index contributed by atoms with van der Waals surface area (Å²) in [4.78, 5) is 0. The first-order valence-electron chi connectivity index (χ1n) is 4.30. The zero-order valence-electron chi connectivity index (χ0n) is 6.85. The van der Waals surface area contributed by atoms with Crippen molar-refractivity contribution in [2.24, 2.45) is 0 Å². The minimum Gasteiger partial charge on any atom is -0.310 e. The van der Waals surface area contributed by atoms with Crippen molar-refractivity contribution in [1.29, 1.82) is 0 Å². The third kappa shape index (κ3) is 1.82. The fourth-order valence-electron chi connectivity index (χ4n) is 1.30. The standard InChI is InChI=1S/C9H12ClNS/c10-9-6-12-5-7(9)4-11-8-2-1-3-8/h5-6,8,11H,1-4H2. The first kappa shape index (κ1) is 8.54. The number of halogens is 1. The van der Waals surface area contributed by atoms with Gasteiger partial charge in [-0.25, -0.2) is 0 Å². The van der Waals surface area contributed by atoms with Crippen LogP contribution in [0.1, 0.15) is 24.8 Å². The van der Waals surface area contributed by atoms with E-state index in [2.05, 4.69) is 10.7 Å². The van der Waals surface area contributed by atoms with E-state index < -0.39 is 0 Å². The molecule has 3 heteroatoms. The van der Waals surface area contributed by atoms with E-state index in [9.17, 15) is 0 Å². The molecule has 0 amide bonds. The number of hydrogen-bond donors (Lipinski definition) is 1. The van der Waals surface area contributed by atoms with Crippen LogP contribution in [-0.2, 0) is 6.54 Å². The summed E-state index contributed by atoms with van der Waals surface area (Å²) in [7, 11) is 0. The lowest BCUT2D eigenvalue weighted by atomic mass is 9.93. The Balaban J connectivity index is 1.82. The van der Waals surface area contributed by atoms with Crippen LogP contribution in [0.25, 0.3) is 0 Å². The van der Waals surface area contributed by atoms with Crippen molar-refractivity contribution in [3.63, 3.8) is 0 Å². The monoisotopic (exact) mass is 201 g/mol. The third-order valence-electron chi connectivity index (χ3n) is 2.37. The van der Waals surface area contributed by atoms with Gasteiger partial charge in [0.1, 0.15) is 0 Å². The van der Waals surface area contributed by atoms with Crippen LogP contribution in [0.15, 0.2) is 10.8 Å².